The molecule has 1 aromatic rings. The van der Waals surface area contributed by atoms with Crippen molar-refractivity contribution in [1.29, 1.82) is 0 Å². The Labute approximate surface area is 114 Å². The molecule has 1 nitrogen and oxygen atoms in total. The van der Waals surface area contributed by atoms with E-state index in [2.05, 4.69) is 0 Å². The Bertz CT molecular complexity index is 497. The third-order valence-corrected chi connectivity index (χ3v) is 6.14. The van der Waals surface area contributed by atoms with Crippen LogP contribution in [0.15, 0.2) is 0 Å². The van der Waals surface area contributed by atoms with Crippen molar-refractivity contribution in [3.05, 3.63) is 29.1 Å². The van der Waals surface area contributed by atoms with Crippen LogP contribution in [0.5, 0.6) is 0 Å². The van der Waals surface area contributed by atoms with Gasteiger partial charge in [0.1, 0.15) is 0 Å². The van der Waals surface area contributed by atoms with E-state index in [1.165, 1.54) is 13.1 Å². The maximum atomic E-state index is 13.8. The normalized spacial score (nSPS) is 16.9. The molecule has 0 amide bonds. The first-order valence-electron chi connectivity index (χ1n) is 6.45. The summed E-state index contributed by atoms with van der Waals surface area (Å²) in [5.41, 5.74) is 0. The third kappa shape index (κ3) is 2.61. The van der Waals surface area contributed by atoms with Gasteiger partial charge in [-0.1, -0.05) is 12.8 Å². The van der Waals surface area contributed by atoms with Crippen molar-refractivity contribution in [2.24, 2.45) is 0 Å². The Morgan fingerprint density at radius 2 is 1.20 bits per heavy atom. The fraction of sp³-hybridized carbons (Fsp3) is 0.538. The van der Waals surface area contributed by atoms with Gasteiger partial charge < -0.3 is 4.43 Å². The third-order valence-electron chi connectivity index (χ3n) is 3.58. The quantitative estimate of drug-likeness (QED) is 0.357. The number of rotatable bonds is 3. The minimum atomic E-state index is -3.22. The molecule has 1 aliphatic rings. The van der Waals surface area contributed by atoms with Crippen molar-refractivity contribution >= 4 is 13.5 Å². The summed E-state index contributed by atoms with van der Waals surface area (Å²) in [5, 5.41) is -0.777. The fourth-order valence-corrected chi connectivity index (χ4v) is 5.08. The summed E-state index contributed by atoms with van der Waals surface area (Å²) in [4.78, 5) is 0. The summed E-state index contributed by atoms with van der Waals surface area (Å²) in [5.74, 6) is -9.48. The van der Waals surface area contributed by atoms with E-state index < -0.39 is 42.6 Å². The van der Waals surface area contributed by atoms with Gasteiger partial charge in [0.15, 0.2) is 23.3 Å². The maximum Gasteiger partial charge on any atom is 0.225 e. The molecule has 112 valence electrons. The van der Waals surface area contributed by atoms with Gasteiger partial charge in [-0.25, -0.2) is 22.0 Å². The highest BCUT2D eigenvalue weighted by Crippen LogP contribution is 2.26. The first kappa shape index (κ1) is 15.4. The zero-order valence-corrected chi connectivity index (χ0v) is 12.2. The SMILES string of the molecule is C[Si](C)(OC1CCCC1)c1c(F)c(F)c(F)c(F)c1F. The van der Waals surface area contributed by atoms with Crippen LogP contribution in [0.2, 0.25) is 13.1 Å². The molecule has 0 heterocycles. The molecule has 0 saturated heterocycles. The van der Waals surface area contributed by atoms with E-state index in [0.717, 1.165) is 25.7 Å². The van der Waals surface area contributed by atoms with Crippen molar-refractivity contribution in [3.63, 3.8) is 0 Å². The van der Waals surface area contributed by atoms with Crippen molar-refractivity contribution in [1.82, 2.24) is 0 Å². The minimum Gasteiger partial charge on any atom is -0.410 e. The Kier molecular flexibility index (Phi) is 4.20. The molecule has 1 aliphatic carbocycles. The second kappa shape index (κ2) is 5.44. The Hall–Kier alpha value is -0.953. The second-order valence-electron chi connectivity index (χ2n) is 5.48. The van der Waals surface area contributed by atoms with Crippen LogP contribution in [0.4, 0.5) is 22.0 Å². The molecule has 1 saturated carbocycles. The molecular formula is C13H15F5OSi. The lowest BCUT2D eigenvalue weighted by atomic mass is 10.3. The van der Waals surface area contributed by atoms with Gasteiger partial charge in [-0.3, -0.25) is 0 Å². The summed E-state index contributed by atoms with van der Waals surface area (Å²) in [6, 6.07) is 0. The van der Waals surface area contributed by atoms with E-state index in [1.807, 2.05) is 0 Å². The van der Waals surface area contributed by atoms with Crippen LogP contribution in [-0.2, 0) is 4.43 Å². The van der Waals surface area contributed by atoms with Crippen molar-refractivity contribution in [2.45, 2.75) is 44.9 Å². The van der Waals surface area contributed by atoms with Crippen molar-refractivity contribution in [3.8, 4) is 0 Å². The van der Waals surface area contributed by atoms with E-state index in [4.69, 9.17) is 4.43 Å². The van der Waals surface area contributed by atoms with Crippen LogP contribution < -0.4 is 5.19 Å². The fourth-order valence-electron chi connectivity index (χ4n) is 2.62. The highest BCUT2D eigenvalue weighted by molar-refractivity contribution is 6.84. The standard InChI is InChI=1S/C13H15F5OSi/c1-20(2,19-7-5-3-4-6-7)13-11(17)9(15)8(14)10(16)12(13)18/h7H,3-6H2,1-2H3. The summed E-state index contributed by atoms with van der Waals surface area (Å²) in [6.07, 6.45) is 3.25. The van der Waals surface area contributed by atoms with Gasteiger partial charge in [-0.05, 0) is 25.9 Å². The van der Waals surface area contributed by atoms with E-state index in [0.29, 0.717) is 0 Å². The molecule has 0 aromatic heterocycles. The zero-order chi connectivity index (χ0) is 15.1. The predicted octanol–water partition coefficient (Wildman–Crippen LogP) is 3.75. The average Bonchev–Trinajstić information content (AvgIpc) is 2.86. The Balaban J connectivity index is 2.45. The van der Waals surface area contributed by atoms with Gasteiger partial charge in [0.05, 0.1) is 0 Å². The summed E-state index contributed by atoms with van der Waals surface area (Å²) in [7, 11) is -3.22. The molecule has 0 unspecified atom stereocenters. The van der Waals surface area contributed by atoms with Gasteiger partial charge in [-0.2, -0.15) is 0 Å². The molecular weight excluding hydrogens is 295 g/mol. The smallest absolute Gasteiger partial charge is 0.225 e. The second-order valence-corrected chi connectivity index (χ2v) is 9.24. The van der Waals surface area contributed by atoms with Crippen LogP contribution in [0, 0.1) is 29.1 Å². The molecule has 7 heteroatoms. The van der Waals surface area contributed by atoms with Gasteiger partial charge in [0.2, 0.25) is 14.1 Å². The van der Waals surface area contributed by atoms with Crippen LogP contribution in [0.3, 0.4) is 0 Å². The largest absolute Gasteiger partial charge is 0.410 e. The van der Waals surface area contributed by atoms with Gasteiger partial charge in [0.25, 0.3) is 0 Å². The molecule has 0 bridgehead atoms. The molecule has 0 N–H and O–H groups in total. The topological polar surface area (TPSA) is 9.23 Å². The van der Waals surface area contributed by atoms with E-state index >= 15 is 0 Å². The van der Waals surface area contributed by atoms with Crippen molar-refractivity contribution in [2.75, 3.05) is 0 Å². The van der Waals surface area contributed by atoms with Crippen LogP contribution >= 0.6 is 0 Å². The Morgan fingerprint density at radius 3 is 1.65 bits per heavy atom. The lowest BCUT2D eigenvalue weighted by molar-refractivity contribution is 0.204. The number of hydrogen-bond donors (Lipinski definition) is 0. The van der Waals surface area contributed by atoms with Crippen LogP contribution in [0.1, 0.15) is 25.7 Å². The van der Waals surface area contributed by atoms with E-state index in [9.17, 15) is 22.0 Å². The molecule has 0 aliphatic heterocycles. The van der Waals surface area contributed by atoms with Gasteiger partial charge in [-0.15, -0.1) is 0 Å². The first-order valence-corrected chi connectivity index (χ1v) is 9.36. The zero-order valence-electron chi connectivity index (χ0n) is 11.2. The summed E-state index contributed by atoms with van der Waals surface area (Å²) < 4.78 is 72.9. The van der Waals surface area contributed by atoms with Gasteiger partial charge >= 0.3 is 0 Å². The summed E-state index contributed by atoms with van der Waals surface area (Å²) in [6.45, 7) is 2.90. The number of hydrogen-bond acceptors (Lipinski definition) is 1. The number of halogens is 5. The lowest BCUT2D eigenvalue weighted by Crippen LogP contribution is -2.51. The lowest BCUT2D eigenvalue weighted by Gasteiger charge is -2.28. The molecule has 0 atom stereocenters. The van der Waals surface area contributed by atoms with E-state index in [1.54, 1.807) is 0 Å². The van der Waals surface area contributed by atoms with E-state index in [-0.39, 0.29) is 6.10 Å². The molecule has 1 aromatic carbocycles. The monoisotopic (exact) mass is 310 g/mol. The molecule has 2 rings (SSSR count). The predicted molar refractivity (Wildman–Crippen MR) is 66.7 cm³/mol. The molecule has 0 radical (unpaired) electrons. The average molecular weight is 310 g/mol. The number of benzene rings is 1. The molecule has 1 fully saturated rings. The molecule has 0 spiro atoms. The van der Waals surface area contributed by atoms with Gasteiger partial charge in [0, 0.05) is 11.3 Å². The maximum absolute atomic E-state index is 13.8. The first-order chi connectivity index (χ1) is 9.25. The molecule has 20 heavy (non-hydrogen) atoms. The highest BCUT2D eigenvalue weighted by Gasteiger charge is 2.39. The van der Waals surface area contributed by atoms with Crippen LogP contribution in [-0.4, -0.2) is 14.4 Å². The minimum absolute atomic E-state index is 0.161. The highest BCUT2D eigenvalue weighted by atomic mass is 28.4. The Morgan fingerprint density at radius 1 is 0.800 bits per heavy atom. The van der Waals surface area contributed by atoms with Crippen LogP contribution in [0.25, 0.3) is 0 Å². The summed E-state index contributed by atoms with van der Waals surface area (Å²) >= 11 is 0. The van der Waals surface area contributed by atoms with Crippen molar-refractivity contribution < 1.29 is 26.4 Å².